The van der Waals surface area contributed by atoms with Crippen LogP contribution >= 0.6 is 0 Å². The molecule has 1 saturated heterocycles. The number of aliphatic hydroxyl groups excluding tert-OH is 3. The second kappa shape index (κ2) is 4.38. The normalized spacial score (nSPS) is 31.1. The molecule has 0 aliphatic carbocycles. The van der Waals surface area contributed by atoms with Crippen molar-refractivity contribution < 1.29 is 20.1 Å². The van der Waals surface area contributed by atoms with E-state index >= 15 is 0 Å². The van der Waals surface area contributed by atoms with Crippen LogP contribution in [-0.4, -0.2) is 59.8 Å². The van der Waals surface area contributed by atoms with Gasteiger partial charge in [0.05, 0.1) is 12.8 Å². The quantitative estimate of drug-likeness (QED) is 0.483. The van der Waals surface area contributed by atoms with Crippen molar-refractivity contribution in [3.63, 3.8) is 0 Å². The van der Waals surface area contributed by atoms with Crippen LogP contribution in [0, 0.1) is 0 Å². The maximum absolute atomic E-state index is 9.96. The molecule has 2 aromatic rings. The predicted octanol–water partition coefficient (Wildman–Crippen LogP) is -2.14. The number of aromatic nitrogens is 4. The number of ether oxygens (including phenoxy) is 1. The number of hydrogen-bond acceptors (Lipinski definition) is 8. The standard InChI is InChI=1S/C10H13N5O4/c11-10-13-3-12-9-4(1-14-15(9)10)8-7(18)6(17)5(2-16)19-8/h1,3,5-8,16-18H,2H2,(H2,11,12,13)/t5-,6-,7-,8-/m1/s1. The molecule has 0 aromatic carbocycles. The number of hydrogen-bond donors (Lipinski definition) is 4. The van der Waals surface area contributed by atoms with E-state index in [0.717, 1.165) is 0 Å². The Kier molecular flexibility index (Phi) is 2.82. The third-order valence-corrected chi connectivity index (χ3v) is 3.21. The minimum Gasteiger partial charge on any atom is -0.394 e. The molecule has 0 spiro atoms. The van der Waals surface area contributed by atoms with E-state index < -0.39 is 24.4 Å². The Morgan fingerprint density at radius 3 is 2.79 bits per heavy atom. The summed E-state index contributed by atoms with van der Waals surface area (Å²) in [6.07, 6.45) is -1.27. The molecular weight excluding hydrogens is 254 g/mol. The Labute approximate surface area is 107 Å². The van der Waals surface area contributed by atoms with Crippen molar-refractivity contribution in [3.05, 3.63) is 18.1 Å². The van der Waals surface area contributed by atoms with E-state index in [1.807, 2.05) is 0 Å². The average molecular weight is 267 g/mol. The molecule has 0 bridgehead atoms. The first-order chi connectivity index (χ1) is 9.13. The zero-order valence-electron chi connectivity index (χ0n) is 9.79. The van der Waals surface area contributed by atoms with E-state index in [4.69, 9.17) is 15.6 Å². The molecule has 0 amide bonds. The van der Waals surface area contributed by atoms with Gasteiger partial charge in [-0.05, 0) is 0 Å². The van der Waals surface area contributed by atoms with Gasteiger partial charge >= 0.3 is 0 Å². The molecule has 19 heavy (non-hydrogen) atoms. The molecular formula is C10H13N5O4. The smallest absolute Gasteiger partial charge is 0.224 e. The van der Waals surface area contributed by atoms with Crippen LogP contribution in [-0.2, 0) is 4.74 Å². The number of fused-ring (bicyclic) bond motifs is 1. The van der Waals surface area contributed by atoms with Crippen LogP contribution in [0.25, 0.3) is 5.65 Å². The predicted molar refractivity (Wildman–Crippen MR) is 61.9 cm³/mol. The molecule has 102 valence electrons. The highest BCUT2D eigenvalue weighted by Crippen LogP contribution is 2.34. The minimum atomic E-state index is -1.17. The van der Waals surface area contributed by atoms with Gasteiger partial charge in [0.15, 0.2) is 5.65 Å². The van der Waals surface area contributed by atoms with Crippen molar-refractivity contribution >= 4 is 11.6 Å². The molecule has 5 N–H and O–H groups in total. The summed E-state index contributed by atoms with van der Waals surface area (Å²) in [5, 5.41) is 32.8. The molecule has 0 radical (unpaired) electrons. The van der Waals surface area contributed by atoms with Gasteiger partial charge in [0.2, 0.25) is 5.95 Å². The van der Waals surface area contributed by atoms with Gasteiger partial charge < -0.3 is 25.8 Å². The van der Waals surface area contributed by atoms with Crippen molar-refractivity contribution in [3.8, 4) is 0 Å². The van der Waals surface area contributed by atoms with Crippen LogP contribution in [0.1, 0.15) is 11.7 Å². The SMILES string of the molecule is Nc1ncnc2c([C@H]3O[C@H](CO)[C@@H](O)[C@H]3O)cnn12. The Morgan fingerprint density at radius 1 is 1.32 bits per heavy atom. The van der Waals surface area contributed by atoms with Crippen molar-refractivity contribution in [2.24, 2.45) is 0 Å². The third-order valence-electron chi connectivity index (χ3n) is 3.21. The van der Waals surface area contributed by atoms with Gasteiger partial charge in [-0.15, -0.1) is 0 Å². The number of nitrogens with zero attached hydrogens (tertiary/aromatic N) is 4. The van der Waals surface area contributed by atoms with Crippen LogP contribution in [0.4, 0.5) is 5.95 Å². The summed E-state index contributed by atoms with van der Waals surface area (Å²) >= 11 is 0. The molecule has 0 saturated carbocycles. The highest BCUT2D eigenvalue weighted by Gasteiger charge is 2.44. The fourth-order valence-electron chi connectivity index (χ4n) is 2.21. The first-order valence-corrected chi connectivity index (χ1v) is 5.70. The Bertz CT molecular complexity index is 603. The van der Waals surface area contributed by atoms with Gasteiger partial charge in [-0.25, -0.2) is 9.97 Å². The molecule has 1 aliphatic rings. The van der Waals surface area contributed by atoms with Crippen molar-refractivity contribution in [2.45, 2.75) is 24.4 Å². The van der Waals surface area contributed by atoms with Crippen LogP contribution in [0.5, 0.6) is 0 Å². The van der Waals surface area contributed by atoms with Gasteiger partial charge in [-0.1, -0.05) is 0 Å². The Hall–Kier alpha value is -1.81. The minimum absolute atomic E-state index is 0.156. The van der Waals surface area contributed by atoms with E-state index in [1.165, 1.54) is 17.0 Å². The number of anilines is 1. The van der Waals surface area contributed by atoms with Crippen LogP contribution in [0.2, 0.25) is 0 Å². The molecule has 3 heterocycles. The zero-order valence-corrected chi connectivity index (χ0v) is 9.79. The van der Waals surface area contributed by atoms with Gasteiger partial charge in [-0.3, -0.25) is 0 Å². The van der Waals surface area contributed by atoms with Crippen molar-refractivity contribution in [2.75, 3.05) is 12.3 Å². The average Bonchev–Trinajstić information content (AvgIpc) is 2.94. The summed E-state index contributed by atoms with van der Waals surface area (Å²) in [5.74, 6) is 0.156. The van der Waals surface area contributed by atoms with Crippen molar-refractivity contribution in [1.82, 2.24) is 19.6 Å². The molecule has 2 aromatic heterocycles. The highest BCUT2D eigenvalue weighted by atomic mass is 16.6. The molecule has 4 atom stereocenters. The largest absolute Gasteiger partial charge is 0.394 e. The molecule has 9 heteroatoms. The number of rotatable bonds is 2. The Balaban J connectivity index is 2.04. The summed E-state index contributed by atoms with van der Waals surface area (Å²) in [4.78, 5) is 7.82. The second-order valence-corrected chi connectivity index (χ2v) is 4.33. The van der Waals surface area contributed by atoms with Gasteiger partial charge in [0.25, 0.3) is 0 Å². The Morgan fingerprint density at radius 2 is 2.11 bits per heavy atom. The van der Waals surface area contributed by atoms with Gasteiger partial charge in [0, 0.05) is 5.56 Å². The summed E-state index contributed by atoms with van der Waals surface area (Å²) in [6, 6.07) is 0. The number of nitrogens with two attached hydrogens (primary N) is 1. The molecule has 1 aliphatic heterocycles. The molecule has 1 fully saturated rings. The fourth-order valence-corrected chi connectivity index (χ4v) is 2.21. The summed E-state index contributed by atoms with van der Waals surface area (Å²) in [6.45, 7) is -0.384. The van der Waals surface area contributed by atoms with Crippen molar-refractivity contribution in [1.29, 1.82) is 0 Å². The van der Waals surface area contributed by atoms with Crippen LogP contribution in [0.15, 0.2) is 12.5 Å². The lowest BCUT2D eigenvalue weighted by Crippen LogP contribution is -2.32. The molecule has 3 rings (SSSR count). The third kappa shape index (κ3) is 1.75. The summed E-state index contributed by atoms with van der Waals surface area (Å²) in [5.41, 5.74) is 6.51. The lowest BCUT2D eigenvalue weighted by molar-refractivity contribution is -0.0224. The lowest BCUT2D eigenvalue weighted by atomic mass is 10.0. The number of nitrogen functional groups attached to an aromatic ring is 1. The van der Waals surface area contributed by atoms with Crippen LogP contribution < -0.4 is 5.73 Å². The maximum Gasteiger partial charge on any atom is 0.224 e. The van der Waals surface area contributed by atoms with Gasteiger partial charge in [0.1, 0.15) is 30.7 Å². The van der Waals surface area contributed by atoms with E-state index in [2.05, 4.69) is 15.1 Å². The first kappa shape index (κ1) is 12.2. The van der Waals surface area contributed by atoms with Gasteiger partial charge in [-0.2, -0.15) is 9.61 Å². The summed E-state index contributed by atoms with van der Waals surface area (Å²) in [7, 11) is 0. The topological polar surface area (TPSA) is 139 Å². The first-order valence-electron chi connectivity index (χ1n) is 5.70. The van der Waals surface area contributed by atoms with Crippen LogP contribution in [0.3, 0.4) is 0 Å². The molecule has 9 nitrogen and oxygen atoms in total. The molecule has 0 unspecified atom stereocenters. The fraction of sp³-hybridized carbons (Fsp3) is 0.500. The van der Waals surface area contributed by atoms with E-state index in [-0.39, 0.29) is 12.6 Å². The summed E-state index contributed by atoms with van der Waals surface area (Å²) < 4.78 is 6.73. The monoisotopic (exact) mass is 267 g/mol. The highest BCUT2D eigenvalue weighted by molar-refractivity contribution is 5.50. The maximum atomic E-state index is 9.96. The van der Waals surface area contributed by atoms with E-state index in [9.17, 15) is 10.2 Å². The van der Waals surface area contributed by atoms with E-state index in [0.29, 0.717) is 11.2 Å². The number of aliphatic hydroxyl groups is 3. The van der Waals surface area contributed by atoms with E-state index in [1.54, 1.807) is 0 Å². The second-order valence-electron chi connectivity index (χ2n) is 4.33. The zero-order chi connectivity index (χ0) is 13.6. The lowest BCUT2D eigenvalue weighted by Gasteiger charge is -2.12.